The predicted molar refractivity (Wildman–Crippen MR) is 70.9 cm³/mol. The molecule has 1 rings (SSSR count). The van der Waals surface area contributed by atoms with Crippen LogP contribution in [-0.4, -0.2) is 38.2 Å². The summed E-state index contributed by atoms with van der Waals surface area (Å²) in [6.07, 6.45) is -0.955. The van der Waals surface area contributed by atoms with E-state index in [1.165, 1.54) is 26.2 Å². The summed E-state index contributed by atoms with van der Waals surface area (Å²) in [6, 6.07) is 4.03. The fourth-order valence-electron chi connectivity index (χ4n) is 1.42. The highest BCUT2D eigenvalue weighted by Gasteiger charge is 2.19. The van der Waals surface area contributed by atoms with Crippen molar-refractivity contribution in [1.82, 2.24) is 5.32 Å². The number of halogens is 1. The van der Waals surface area contributed by atoms with Gasteiger partial charge in [-0.1, -0.05) is 6.07 Å². The minimum atomic E-state index is -0.955. The number of ether oxygens (including phenoxy) is 2. The van der Waals surface area contributed by atoms with E-state index >= 15 is 0 Å². The normalized spacial score (nSPS) is 11.8. The van der Waals surface area contributed by atoms with Crippen LogP contribution in [0.15, 0.2) is 18.2 Å². The van der Waals surface area contributed by atoms with Crippen molar-refractivity contribution in [3.05, 3.63) is 35.1 Å². The van der Waals surface area contributed by atoms with E-state index in [0.29, 0.717) is 18.7 Å². The molecule has 1 aromatic rings. The van der Waals surface area contributed by atoms with E-state index < -0.39 is 23.8 Å². The lowest BCUT2D eigenvalue weighted by Crippen LogP contribution is -2.37. The first-order chi connectivity index (χ1) is 9.45. The summed E-state index contributed by atoms with van der Waals surface area (Å²) in [5.74, 6) is -1.65. The Balaban J connectivity index is 2.56. The summed E-state index contributed by atoms with van der Waals surface area (Å²) in [6.45, 7) is 3.74. The number of carbonyl (C=O) groups is 2. The maximum absolute atomic E-state index is 13.3. The molecule has 1 atom stereocenters. The molecular formula is C14H18FNO4. The second-order valence-corrected chi connectivity index (χ2v) is 4.30. The lowest BCUT2D eigenvalue weighted by molar-refractivity contribution is -0.129. The van der Waals surface area contributed by atoms with Gasteiger partial charge in [-0.2, -0.15) is 0 Å². The highest BCUT2D eigenvalue weighted by atomic mass is 19.1. The van der Waals surface area contributed by atoms with Crippen LogP contribution in [0.4, 0.5) is 4.39 Å². The molecule has 1 N–H and O–H groups in total. The quantitative estimate of drug-likeness (QED) is 0.634. The van der Waals surface area contributed by atoms with Crippen LogP contribution in [0.2, 0.25) is 0 Å². The maximum atomic E-state index is 13.3. The molecule has 0 heterocycles. The molecule has 0 aliphatic heterocycles. The number of hydrogen-bond acceptors (Lipinski definition) is 4. The highest BCUT2D eigenvalue weighted by molar-refractivity contribution is 5.92. The number of nitrogens with one attached hydrogen (secondary N) is 1. The van der Waals surface area contributed by atoms with Crippen LogP contribution in [0.25, 0.3) is 0 Å². The van der Waals surface area contributed by atoms with Crippen LogP contribution in [0.1, 0.15) is 22.8 Å². The zero-order chi connectivity index (χ0) is 15.1. The molecule has 20 heavy (non-hydrogen) atoms. The van der Waals surface area contributed by atoms with Crippen molar-refractivity contribution in [3.63, 3.8) is 0 Å². The third-order valence-electron chi connectivity index (χ3n) is 2.67. The van der Waals surface area contributed by atoms with Crippen LogP contribution in [0.5, 0.6) is 0 Å². The van der Waals surface area contributed by atoms with Crippen LogP contribution in [0, 0.1) is 12.7 Å². The number of esters is 1. The van der Waals surface area contributed by atoms with Crippen molar-refractivity contribution in [2.45, 2.75) is 20.0 Å². The molecule has 0 saturated heterocycles. The fourth-order valence-corrected chi connectivity index (χ4v) is 1.42. The molecule has 0 fully saturated rings. The smallest absolute Gasteiger partial charge is 0.339 e. The minimum absolute atomic E-state index is 0.0737. The second kappa shape index (κ2) is 7.59. The summed E-state index contributed by atoms with van der Waals surface area (Å²) in [7, 11) is 1.52. The molecule has 1 aromatic carbocycles. The van der Waals surface area contributed by atoms with Crippen LogP contribution >= 0.6 is 0 Å². The van der Waals surface area contributed by atoms with E-state index in [1.807, 2.05) is 0 Å². The molecule has 6 heteroatoms. The van der Waals surface area contributed by atoms with E-state index in [2.05, 4.69) is 5.32 Å². The van der Waals surface area contributed by atoms with Gasteiger partial charge in [0.25, 0.3) is 5.91 Å². The second-order valence-electron chi connectivity index (χ2n) is 4.30. The van der Waals surface area contributed by atoms with Gasteiger partial charge in [-0.15, -0.1) is 0 Å². The zero-order valence-electron chi connectivity index (χ0n) is 11.7. The summed E-state index contributed by atoms with van der Waals surface area (Å²) in [5.41, 5.74) is 0.511. The van der Waals surface area contributed by atoms with Gasteiger partial charge in [-0.3, -0.25) is 4.79 Å². The van der Waals surface area contributed by atoms with Crippen molar-refractivity contribution < 1.29 is 23.5 Å². The van der Waals surface area contributed by atoms with Gasteiger partial charge in [0.2, 0.25) is 0 Å². The molecule has 0 bridgehead atoms. The number of aryl methyl sites for hydroxylation is 1. The lowest BCUT2D eigenvalue weighted by atomic mass is 10.1. The molecule has 0 radical (unpaired) electrons. The molecule has 1 amide bonds. The van der Waals surface area contributed by atoms with Gasteiger partial charge in [0.15, 0.2) is 6.10 Å². The molecule has 0 aliphatic rings. The van der Waals surface area contributed by atoms with Gasteiger partial charge >= 0.3 is 5.97 Å². The standard InChI is InChI=1S/C14H18FNO4/c1-9-4-5-11(8-12(9)15)14(18)20-10(2)13(17)16-6-7-19-3/h4-5,8,10H,6-7H2,1-3H3,(H,16,17)/t10-/m1/s1. The van der Waals surface area contributed by atoms with Crippen molar-refractivity contribution in [2.75, 3.05) is 20.3 Å². The van der Waals surface area contributed by atoms with Gasteiger partial charge in [-0.05, 0) is 31.5 Å². The average molecular weight is 283 g/mol. The van der Waals surface area contributed by atoms with E-state index in [9.17, 15) is 14.0 Å². The van der Waals surface area contributed by atoms with E-state index in [-0.39, 0.29) is 5.56 Å². The largest absolute Gasteiger partial charge is 0.449 e. The first kappa shape index (κ1) is 16.1. The molecule has 0 spiro atoms. The van der Waals surface area contributed by atoms with Crippen molar-refractivity contribution in [3.8, 4) is 0 Å². The Bertz CT molecular complexity index is 490. The third-order valence-corrected chi connectivity index (χ3v) is 2.67. The number of rotatable bonds is 6. The molecular weight excluding hydrogens is 265 g/mol. The topological polar surface area (TPSA) is 64.6 Å². The van der Waals surface area contributed by atoms with E-state index in [4.69, 9.17) is 9.47 Å². The molecule has 110 valence electrons. The van der Waals surface area contributed by atoms with Crippen molar-refractivity contribution >= 4 is 11.9 Å². The number of amides is 1. The number of benzene rings is 1. The first-order valence-corrected chi connectivity index (χ1v) is 6.19. The van der Waals surface area contributed by atoms with Gasteiger partial charge in [0.1, 0.15) is 5.82 Å². The SMILES string of the molecule is COCCNC(=O)[C@@H](C)OC(=O)c1ccc(C)c(F)c1. The summed E-state index contributed by atoms with van der Waals surface area (Å²) in [4.78, 5) is 23.3. The summed E-state index contributed by atoms with van der Waals surface area (Å²) >= 11 is 0. The number of hydrogen-bond donors (Lipinski definition) is 1. The highest BCUT2D eigenvalue weighted by Crippen LogP contribution is 2.11. The minimum Gasteiger partial charge on any atom is -0.449 e. The Kier molecular flexibility index (Phi) is 6.11. The van der Waals surface area contributed by atoms with Crippen LogP contribution in [-0.2, 0) is 14.3 Å². The van der Waals surface area contributed by atoms with Gasteiger partial charge < -0.3 is 14.8 Å². The Hall–Kier alpha value is -1.95. The third kappa shape index (κ3) is 4.62. The Morgan fingerprint density at radius 3 is 2.70 bits per heavy atom. The van der Waals surface area contributed by atoms with E-state index in [1.54, 1.807) is 6.92 Å². The molecule has 0 aromatic heterocycles. The predicted octanol–water partition coefficient (Wildman–Crippen LogP) is 1.44. The lowest BCUT2D eigenvalue weighted by Gasteiger charge is -2.13. The summed E-state index contributed by atoms with van der Waals surface area (Å²) < 4.78 is 23.1. The molecule has 0 unspecified atom stereocenters. The van der Waals surface area contributed by atoms with Crippen molar-refractivity contribution in [1.29, 1.82) is 0 Å². The first-order valence-electron chi connectivity index (χ1n) is 6.19. The van der Waals surface area contributed by atoms with E-state index in [0.717, 1.165) is 6.07 Å². The molecule has 0 saturated carbocycles. The molecule has 5 nitrogen and oxygen atoms in total. The monoisotopic (exact) mass is 283 g/mol. The van der Waals surface area contributed by atoms with Crippen LogP contribution < -0.4 is 5.32 Å². The Labute approximate surface area is 117 Å². The van der Waals surface area contributed by atoms with Crippen LogP contribution in [0.3, 0.4) is 0 Å². The summed E-state index contributed by atoms with van der Waals surface area (Å²) in [5, 5.41) is 2.55. The zero-order valence-corrected chi connectivity index (χ0v) is 11.7. The Morgan fingerprint density at radius 2 is 2.10 bits per heavy atom. The van der Waals surface area contributed by atoms with Gasteiger partial charge in [0.05, 0.1) is 12.2 Å². The number of carbonyl (C=O) groups excluding carboxylic acids is 2. The van der Waals surface area contributed by atoms with Gasteiger partial charge in [0, 0.05) is 13.7 Å². The molecule has 0 aliphatic carbocycles. The van der Waals surface area contributed by atoms with Crippen molar-refractivity contribution in [2.24, 2.45) is 0 Å². The maximum Gasteiger partial charge on any atom is 0.339 e. The Morgan fingerprint density at radius 1 is 1.40 bits per heavy atom. The average Bonchev–Trinajstić information content (AvgIpc) is 2.41. The van der Waals surface area contributed by atoms with Gasteiger partial charge in [-0.25, -0.2) is 9.18 Å². The fraction of sp³-hybridized carbons (Fsp3) is 0.429. The number of methoxy groups -OCH3 is 1.